The van der Waals surface area contributed by atoms with Crippen molar-refractivity contribution >= 4 is 28.2 Å². The van der Waals surface area contributed by atoms with Crippen LogP contribution in [0.1, 0.15) is 0 Å². The molecule has 2 aromatic rings. The van der Waals surface area contributed by atoms with E-state index in [-0.39, 0.29) is 0 Å². The number of hydrogen-bond donors (Lipinski definition) is 0. The number of nitriles is 1. The molecule has 0 radical (unpaired) electrons. The molecule has 0 amide bonds. The van der Waals surface area contributed by atoms with Crippen molar-refractivity contribution < 1.29 is 0 Å². The number of benzene rings is 1. The minimum Gasteiger partial charge on any atom is -0.233 e. The maximum absolute atomic E-state index is 8.72. The first kappa shape index (κ1) is 11.5. The van der Waals surface area contributed by atoms with E-state index in [9.17, 15) is 0 Å². The molecule has 7 heteroatoms. The molecule has 0 saturated heterocycles. The lowest BCUT2D eigenvalue weighted by Gasteiger charge is -1.97. The van der Waals surface area contributed by atoms with Crippen LogP contribution in [0, 0.1) is 10.7 Å². The minimum absolute atomic E-state index is 0.323. The molecule has 0 spiro atoms. The molecule has 2 rings (SSSR count). The zero-order chi connectivity index (χ0) is 12.1. The number of thiazole rings is 1. The number of hydrogen-bond acceptors (Lipinski definition) is 5. The molecule has 0 unspecified atom stereocenters. The smallest absolute Gasteiger partial charge is 0.181 e. The SMILES string of the molecule is N#CSc1sc(N=[N+]=[N-])nc1-c1ccccc1. The van der Waals surface area contributed by atoms with Crippen LogP contribution in [-0.2, 0) is 0 Å². The van der Waals surface area contributed by atoms with Crippen molar-refractivity contribution in [1.82, 2.24) is 4.98 Å². The lowest BCUT2D eigenvalue weighted by molar-refractivity contribution is 1.31. The molecule has 5 nitrogen and oxygen atoms in total. The van der Waals surface area contributed by atoms with Gasteiger partial charge in [0.05, 0.1) is 5.69 Å². The highest BCUT2D eigenvalue weighted by Gasteiger charge is 2.12. The minimum atomic E-state index is 0.323. The van der Waals surface area contributed by atoms with Gasteiger partial charge < -0.3 is 0 Å². The van der Waals surface area contributed by atoms with E-state index in [1.54, 1.807) is 0 Å². The highest BCUT2D eigenvalue weighted by Crippen LogP contribution is 2.39. The number of nitrogens with zero attached hydrogens (tertiary/aromatic N) is 5. The predicted molar refractivity (Wildman–Crippen MR) is 67.8 cm³/mol. The van der Waals surface area contributed by atoms with Crippen molar-refractivity contribution in [3.05, 3.63) is 40.8 Å². The van der Waals surface area contributed by atoms with E-state index < -0.39 is 0 Å². The van der Waals surface area contributed by atoms with Gasteiger partial charge in [-0.3, -0.25) is 0 Å². The zero-order valence-corrected chi connectivity index (χ0v) is 10.1. The molecule has 1 aromatic heterocycles. The fraction of sp³-hybridized carbons (Fsp3) is 0. The van der Waals surface area contributed by atoms with Crippen molar-refractivity contribution in [3.63, 3.8) is 0 Å². The molecule has 82 valence electrons. The number of azide groups is 1. The summed E-state index contributed by atoms with van der Waals surface area (Å²) in [6, 6.07) is 9.49. The molecule has 0 bridgehead atoms. The first-order valence-electron chi connectivity index (χ1n) is 4.52. The lowest BCUT2D eigenvalue weighted by atomic mass is 10.2. The van der Waals surface area contributed by atoms with Gasteiger partial charge in [0.2, 0.25) is 0 Å². The summed E-state index contributed by atoms with van der Waals surface area (Å²) >= 11 is 2.23. The van der Waals surface area contributed by atoms with Crippen molar-refractivity contribution in [1.29, 1.82) is 5.26 Å². The van der Waals surface area contributed by atoms with Crippen LogP contribution in [0.4, 0.5) is 5.13 Å². The summed E-state index contributed by atoms with van der Waals surface area (Å²) in [6.07, 6.45) is 0. The van der Waals surface area contributed by atoms with E-state index in [1.165, 1.54) is 11.3 Å². The average Bonchev–Trinajstić information content (AvgIpc) is 2.74. The van der Waals surface area contributed by atoms with Gasteiger partial charge in [0.1, 0.15) is 9.61 Å². The van der Waals surface area contributed by atoms with Crippen LogP contribution in [0.3, 0.4) is 0 Å². The normalized spacial score (nSPS) is 9.35. The highest BCUT2D eigenvalue weighted by atomic mass is 32.2. The second kappa shape index (κ2) is 5.37. The average molecular weight is 259 g/mol. The fourth-order valence-electron chi connectivity index (χ4n) is 1.27. The fourth-order valence-corrected chi connectivity index (χ4v) is 2.75. The summed E-state index contributed by atoms with van der Waals surface area (Å²) in [5.74, 6) is 0. The molecule has 0 aliphatic carbocycles. The maximum Gasteiger partial charge on any atom is 0.181 e. The van der Waals surface area contributed by atoms with Crippen molar-refractivity contribution in [2.45, 2.75) is 4.21 Å². The number of thiocyanates is 1. The molecule has 0 N–H and O–H groups in total. The molecular weight excluding hydrogens is 254 g/mol. The Morgan fingerprint density at radius 3 is 2.82 bits per heavy atom. The molecule has 0 aliphatic heterocycles. The van der Waals surface area contributed by atoms with Crippen LogP contribution in [0.25, 0.3) is 21.7 Å². The van der Waals surface area contributed by atoms with Crippen LogP contribution >= 0.6 is 23.1 Å². The number of thioether (sulfide) groups is 1. The first-order valence-corrected chi connectivity index (χ1v) is 6.15. The predicted octanol–water partition coefficient (Wildman–Crippen LogP) is 4.33. The number of aromatic nitrogens is 1. The van der Waals surface area contributed by atoms with E-state index in [0.717, 1.165) is 21.5 Å². The molecule has 1 aromatic carbocycles. The van der Waals surface area contributed by atoms with E-state index >= 15 is 0 Å². The van der Waals surface area contributed by atoms with Gasteiger partial charge in [0.15, 0.2) is 5.13 Å². The summed E-state index contributed by atoms with van der Waals surface area (Å²) in [6.45, 7) is 0. The Balaban J connectivity index is 2.52. The van der Waals surface area contributed by atoms with Crippen LogP contribution in [0.2, 0.25) is 0 Å². The summed E-state index contributed by atoms with van der Waals surface area (Å²) in [5, 5.41) is 14.5. The van der Waals surface area contributed by atoms with Gasteiger partial charge in [-0.1, -0.05) is 30.3 Å². The molecule has 0 atom stereocenters. The van der Waals surface area contributed by atoms with E-state index in [4.69, 9.17) is 10.8 Å². The van der Waals surface area contributed by atoms with Gasteiger partial charge in [-0.05, 0) is 10.6 Å². The van der Waals surface area contributed by atoms with Crippen molar-refractivity contribution in [2.75, 3.05) is 0 Å². The Morgan fingerprint density at radius 1 is 1.41 bits per heavy atom. The van der Waals surface area contributed by atoms with Gasteiger partial charge in [-0.25, -0.2) is 4.98 Å². The van der Waals surface area contributed by atoms with E-state index in [1.807, 2.05) is 35.7 Å². The summed E-state index contributed by atoms with van der Waals surface area (Å²) in [4.78, 5) is 6.91. The first-order chi connectivity index (χ1) is 8.35. The third-order valence-electron chi connectivity index (χ3n) is 1.90. The Morgan fingerprint density at radius 2 is 2.18 bits per heavy atom. The quantitative estimate of drug-likeness (QED) is 0.270. The van der Waals surface area contributed by atoms with Crippen molar-refractivity contribution in [3.8, 4) is 16.7 Å². The van der Waals surface area contributed by atoms with E-state index in [2.05, 4.69) is 15.0 Å². The molecule has 1 heterocycles. The number of rotatable bonds is 3. The molecular formula is C10H5N5S2. The monoisotopic (exact) mass is 259 g/mol. The van der Waals surface area contributed by atoms with Gasteiger partial charge >= 0.3 is 0 Å². The summed E-state index contributed by atoms with van der Waals surface area (Å²) in [5.41, 5.74) is 9.96. The second-order valence-electron chi connectivity index (χ2n) is 2.88. The Kier molecular flexibility index (Phi) is 3.62. The van der Waals surface area contributed by atoms with Crippen LogP contribution in [0.5, 0.6) is 0 Å². The van der Waals surface area contributed by atoms with E-state index in [0.29, 0.717) is 10.8 Å². The Labute approximate surface area is 105 Å². The summed E-state index contributed by atoms with van der Waals surface area (Å²) < 4.78 is 0.737. The third kappa shape index (κ3) is 2.57. The zero-order valence-electron chi connectivity index (χ0n) is 8.44. The second-order valence-corrected chi connectivity index (χ2v) is 4.91. The van der Waals surface area contributed by atoms with Gasteiger partial charge in [-0.2, -0.15) is 5.26 Å². The molecule has 0 saturated carbocycles. The maximum atomic E-state index is 8.72. The molecule has 0 fully saturated rings. The summed E-state index contributed by atoms with van der Waals surface area (Å²) in [7, 11) is 0. The van der Waals surface area contributed by atoms with Crippen LogP contribution < -0.4 is 0 Å². The van der Waals surface area contributed by atoms with Gasteiger partial charge in [0, 0.05) is 22.2 Å². The standard InChI is InChI=1S/C10H5N5S2/c11-6-16-9-8(7-4-2-1-3-5-7)13-10(17-9)14-15-12/h1-5H. The van der Waals surface area contributed by atoms with Crippen LogP contribution in [-0.4, -0.2) is 4.98 Å². The van der Waals surface area contributed by atoms with Crippen molar-refractivity contribution in [2.24, 2.45) is 5.11 Å². The largest absolute Gasteiger partial charge is 0.233 e. The van der Waals surface area contributed by atoms with Gasteiger partial charge in [-0.15, -0.1) is 11.3 Å². The Hall–Kier alpha value is -2.00. The third-order valence-corrected chi connectivity index (χ3v) is 3.60. The highest BCUT2D eigenvalue weighted by molar-refractivity contribution is 8.05. The molecule has 17 heavy (non-hydrogen) atoms. The Bertz CT molecular complexity index is 607. The van der Waals surface area contributed by atoms with Crippen LogP contribution in [0.15, 0.2) is 39.7 Å². The van der Waals surface area contributed by atoms with Gasteiger partial charge in [0.25, 0.3) is 0 Å². The topological polar surface area (TPSA) is 85.4 Å². The lowest BCUT2D eigenvalue weighted by Crippen LogP contribution is -1.77. The molecule has 0 aliphatic rings.